The minimum Gasteiger partial charge on any atom is -0.374 e. The number of carbonyl (C=O) groups is 1. The summed E-state index contributed by atoms with van der Waals surface area (Å²) in [5.74, 6) is -0.393. The fourth-order valence-electron chi connectivity index (χ4n) is 6.19. The van der Waals surface area contributed by atoms with Crippen LogP contribution in [-0.2, 0) is 54.9 Å². The number of carbonyl (C=O) groups excluding carboxylic acids is 1. The van der Waals surface area contributed by atoms with Crippen LogP contribution in [0.4, 0.5) is 0 Å². The van der Waals surface area contributed by atoms with Crippen molar-refractivity contribution in [2.24, 2.45) is 0 Å². The highest BCUT2D eigenvalue weighted by atomic mass is 35.5. The van der Waals surface area contributed by atoms with Crippen molar-refractivity contribution in [3.63, 3.8) is 0 Å². The second-order valence-corrected chi connectivity index (χ2v) is 13.0. The maximum absolute atomic E-state index is 13.3. The standard InChI is InChI=1S/C43H44ClNO7/c1-45(47-2)43(46)36-25-35(23-24-37(36)44)39-41(50-28-33-19-11-5-12-20-33)42(51-29-34-21-13-6-14-22-34)40(49-27-32-17-9-4-10-18-32)38(52-39)30-48-26-31-15-7-3-8-16-31/h3-25,38-42H,26-30H2,1-2H3/t38-,39+,40-,41+,42+/m1/s1. The van der Waals surface area contributed by atoms with Crippen LogP contribution in [0.15, 0.2) is 140 Å². The van der Waals surface area contributed by atoms with E-state index in [1.54, 1.807) is 12.1 Å². The number of rotatable bonds is 16. The van der Waals surface area contributed by atoms with E-state index in [0.29, 0.717) is 37.0 Å². The molecule has 52 heavy (non-hydrogen) atoms. The Morgan fingerprint density at radius 1 is 0.635 bits per heavy atom. The van der Waals surface area contributed by atoms with Gasteiger partial charge in [-0.1, -0.05) is 139 Å². The topological polar surface area (TPSA) is 75.7 Å². The Balaban J connectivity index is 1.40. The van der Waals surface area contributed by atoms with Gasteiger partial charge in [-0.05, 0) is 39.9 Å². The molecular weight excluding hydrogens is 678 g/mol. The fourth-order valence-corrected chi connectivity index (χ4v) is 6.39. The van der Waals surface area contributed by atoms with Crippen molar-refractivity contribution in [2.45, 2.75) is 56.9 Å². The van der Waals surface area contributed by atoms with Gasteiger partial charge in [-0.3, -0.25) is 9.63 Å². The molecule has 0 aliphatic carbocycles. The predicted octanol–water partition coefficient (Wildman–Crippen LogP) is 8.39. The minimum absolute atomic E-state index is 0.216. The van der Waals surface area contributed by atoms with E-state index in [4.69, 9.17) is 40.1 Å². The molecule has 1 saturated heterocycles. The van der Waals surface area contributed by atoms with Crippen LogP contribution in [0, 0.1) is 0 Å². The molecule has 0 radical (unpaired) electrons. The lowest BCUT2D eigenvalue weighted by atomic mass is 9.89. The Kier molecular flexibility index (Phi) is 13.6. The molecule has 1 aliphatic rings. The van der Waals surface area contributed by atoms with Crippen molar-refractivity contribution in [3.8, 4) is 0 Å². The van der Waals surface area contributed by atoms with E-state index >= 15 is 0 Å². The third kappa shape index (κ3) is 9.93. The summed E-state index contributed by atoms with van der Waals surface area (Å²) in [5.41, 5.74) is 5.02. The van der Waals surface area contributed by atoms with Gasteiger partial charge in [-0.2, -0.15) is 0 Å². The molecule has 5 aromatic carbocycles. The van der Waals surface area contributed by atoms with Gasteiger partial charge in [0, 0.05) is 7.05 Å². The van der Waals surface area contributed by atoms with Crippen LogP contribution in [0.1, 0.15) is 44.3 Å². The van der Waals surface area contributed by atoms with E-state index in [1.807, 2.05) is 127 Å². The van der Waals surface area contributed by atoms with E-state index in [2.05, 4.69) is 0 Å². The molecule has 5 aromatic rings. The van der Waals surface area contributed by atoms with Gasteiger partial charge >= 0.3 is 0 Å². The lowest BCUT2D eigenvalue weighted by Crippen LogP contribution is -2.58. The summed E-state index contributed by atoms with van der Waals surface area (Å²) in [5, 5.41) is 1.43. The number of amides is 1. The number of ether oxygens (including phenoxy) is 5. The molecular formula is C43H44ClNO7. The SMILES string of the molecule is CON(C)C(=O)c1cc([C@@H]2O[C@H](COCc3ccccc3)[C@@H](OCc3ccccc3)[C@H](OCc3ccccc3)[C@H]2OCc2ccccc2)ccc1Cl. The molecule has 0 bridgehead atoms. The van der Waals surface area contributed by atoms with Gasteiger partial charge in [0.1, 0.15) is 30.5 Å². The van der Waals surface area contributed by atoms with Crippen molar-refractivity contribution in [1.82, 2.24) is 5.06 Å². The molecule has 5 atom stereocenters. The fraction of sp³-hybridized carbons (Fsp3) is 0.279. The molecule has 0 N–H and O–H groups in total. The van der Waals surface area contributed by atoms with Gasteiger partial charge in [0.25, 0.3) is 5.91 Å². The lowest BCUT2D eigenvalue weighted by Gasteiger charge is -2.46. The number of hydrogen-bond acceptors (Lipinski definition) is 7. The van der Waals surface area contributed by atoms with Gasteiger partial charge in [0.05, 0.1) is 50.7 Å². The Morgan fingerprint density at radius 3 is 1.60 bits per heavy atom. The highest BCUT2D eigenvalue weighted by molar-refractivity contribution is 6.33. The molecule has 0 saturated carbocycles. The van der Waals surface area contributed by atoms with Crippen molar-refractivity contribution >= 4 is 17.5 Å². The van der Waals surface area contributed by atoms with Crippen LogP contribution in [0.3, 0.4) is 0 Å². The molecule has 1 fully saturated rings. The number of nitrogens with zero attached hydrogens (tertiary/aromatic N) is 1. The smallest absolute Gasteiger partial charge is 0.278 e. The van der Waals surface area contributed by atoms with Crippen LogP contribution < -0.4 is 0 Å². The molecule has 1 aliphatic heterocycles. The van der Waals surface area contributed by atoms with Gasteiger partial charge in [0.2, 0.25) is 0 Å². The highest BCUT2D eigenvalue weighted by Crippen LogP contribution is 2.39. The second-order valence-electron chi connectivity index (χ2n) is 12.6. The van der Waals surface area contributed by atoms with Gasteiger partial charge in [-0.15, -0.1) is 0 Å². The number of hydrogen-bond donors (Lipinski definition) is 0. The van der Waals surface area contributed by atoms with Gasteiger partial charge < -0.3 is 23.7 Å². The van der Waals surface area contributed by atoms with E-state index in [1.165, 1.54) is 14.2 Å². The Morgan fingerprint density at radius 2 is 1.10 bits per heavy atom. The summed E-state index contributed by atoms with van der Waals surface area (Å²) in [4.78, 5) is 18.5. The summed E-state index contributed by atoms with van der Waals surface area (Å²) in [6.07, 6.45) is -3.15. The monoisotopic (exact) mass is 721 g/mol. The second kappa shape index (κ2) is 18.9. The van der Waals surface area contributed by atoms with Crippen LogP contribution in [0.25, 0.3) is 0 Å². The first-order valence-corrected chi connectivity index (χ1v) is 17.7. The summed E-state index contributed by atoms with van der Waals surface area (Å²) in [7, 11) is 2.97. The van der Waals surface area contributed by atoms with Crippen molar-refractivity contribution in [3.05, 3.63) is 178 Å². The molecule has 0 spiro atoms. The summed E-state index contributed by atoms with van der Waals surface area (Å²) < 4.78 is 33.8. The molecule has 8 nitrogen and oxygen atoms in total. The van der Waals surface area contributed by atoms with Crippen molar-refractivity contribution in [2.75, 3.05) is 20.8 Å². The van der Waals surface area contributed by atoms with Gasteiger partial charge in [0.15, 0.2) is 0 Å². The van der Waals surface area contributed by atoms with Crippen LogP contribution in [0.2, 0.25) is 5.02 Å². The average molecular weight is 722 g/mol. The predicted molar refractivity (Wildman–Crippen MR) is 199 cm³/mol. The molecule has 9 heteroatoms. The number of benzene rings is 5. The maximum Gasteiger partial charge on any atom is 0.278 e. The molecule has 0 aromatic heterocycles. The van der Waals surface area contributed by atoms with Crippen LogP contribution in [0.5, 0.6) is 0 Å². The van der Waals surface area contributed by atoms with E-state index in [-0.39, 0.29) is 12.2 Å². The Bertz CT molecular complexity index is 1810. The van der Waals surface area contributed by atoms with Crippen LogP contribution >= 0.6 is 11.6 Å². The zero-order chi connectivity index (χ0) is 36.1. The quantitative estimate of drug-likeness (QED) is 0.0948. The first-order chi connectivity index (χ1) is 25.5. The Labute approximate surface area is 310 Å². The Hall–Kier alpha value is -4.38. The first-order valence-electron chi connectivity index (χ1n) is 17.4. The third-order valence-electron chi connectivity index (χ3n) is 8.99. The first kappa shape index (κ1) is 37.4. The maximum atomic E-state index is 13.3. The van der Waals surface area contributed by atoms with Crippen molar-refractivity contribution < 1.29 is 33.3 Å². The van der Waals surface area contributed by atoms with E-state index < -0.39 is 36.4 Å². The number of hydroxylamine groups is 2. The van der Waals surface area contributed by atoms with Gasteiger partial charge in [-0.25, -0.2) is 5.06 Å². The average Bonchev–Trinajstić information content (AvgIpc) is 3.20. The van der Waals surface area contributed by atoms with Crippen molar-refractivity contribution in [1.29, 1.82) is 0 Å². The lowest BCUT2D eigenvalue weighted by molar-refractivity contribution is -0.275. The zero-order valence-electron chi connectivity index (χ0n) is 29.4. The van der Waals surface area contributed by atoms with E-state index in [9.17, 15) is 4.79 Å². The normalized spacial score (nSPS) is 20.0. The van der Waals surface area contributed by atoms with E-state index in [0.717, 1.165) is 27.3 Å². The molecule has 1 amide bonds. The molecule has 0 unspecified atom stereocenters. The summed E-state index contributed by atoms with van der Waals surface area (Å²) in [6.45, 7) is 1.54. The molecule has 1 heterocycles. The highest BCUT2D eigenvalue weighted by Gasteiger charge is 2.49. The largest absolute Gasteiger partial charge is 0.374 e. The summed E-state index contributed by atoms with van der Waals surface area (Å²) in [6, 6.07) is 45.3. The third-order valence-corrected chi connectivity index (χ3v) is 9.32. The summed E-state index contributed by atoms with van der Waals surface area (Å²) >= 11 is 6.59. The van der Waals surface area contributed by atoms with Crippen LogP contribution in [-0.4, -0.2) is 56.2 Å². The zero-order valence-corrected chi connectivity index (χ0v) is 30.1. The minimum atomic E-state index is -0.692. The molecule has 270 valence electrons. The number of halogens is 1. The molecule has 6 rings (SSSR count).